The van der Waals surface area contributed by atoms with E-state index in [2.05, 4.69) is 32.8 Å². The maximum atomic E-state index is 12.3. The number of halogens is 5. The summed E-state index contributed by atoms with van der Waals surface area (Å²) in [6, 6.07) is 2.15. The van der Waals surface area contributed by atoms with E-state index in [9.17, 15) is 13.2 Å². The Morgan fingerprint density at radius 1 is 1.40 bits per heavy atom. The molecule has 80 valence electrons. The summed E-state index contributed by atoms with van der Waals surface area (Å²) in [6.07, 6.45) is -4.50. The molecular weight excluding hydrogens is 294 g/mol. The third kappa shape index (κ3) is 3.73. The predicted molar refractivity (Wildman–Crippen MR) is 54.9 cm³/mol. The van der Waals surface area contributed by atoms with Crippen LogP contribution in [0.15, 0.2) is 12.1 Å². The van der Waals surface area contributed by atoms with Crippen molar-refractivity contribution in [1.82, 2.24) is 4.98 Å². The first kappa shape index (κ1) is 12.3. The molecule has 1 rings (SSSR count). The molecule has 0 spiro atoms. The summed E-state index contributed by atoms with van der Waals surface area (Å²) in [6.45, 7) is 0. The van der Waals surface area contributed by atoms with E-state index in [0.717, 1.165) is 6.07 Å². The third-order valence-electron chi connectivity index (χ3n) is 1.38. The molecule has 0 fully saturated rings. The lowest BCUT2D eigenvalue weighted by Gasteiger charge is -2.05. The zero-order valence-electron chi connectivity index (χ0n) is 7.20. The van der Waals surface area contributed by atoms with E-state index in [1.54, 1.807) is 0 Å². The molecule has 0 aliphatic rings. The molecule has 15 heavy (non-hydrogen) atoms. The summed E-state index contributed by atoms with van der Waals surface area (Å²) in [4.78, 5) is 3.17. The van der Waals surface area contributed by atoms with Crippen LogP contribution in [0.4, 0.5) is 13.2 Å². The molecule has 0 N–H and O–H groups in total. The second kappa shape index (κ2) is 4.86. The Hall–Kier alpha value is -0.730. The molecule has 0 saturated carbocycles. The molecule has 0 aliphatic heterocycles. The summed E-state index contributed by atoms with van der Waals surface area (Å²) >= 11 is 8.48. The van der Waals surface area contributed by atoms with Crippen LogP contribution in [-0.2, 0) is 6.18 Å². The van der Waals surface area contributed by atoms with Gasteiger partial charge >= 0.3 is 6.18 Å². The number of pyridine rings is 1. The number of alkyl halides is 4. The van der Waals surface area contributed by atoms with E-state index >= 15 is 0 Å². The van der Waals surface area contributed by atoms with Crippen LogP contribution < -0.4 is 0 Å². The molecule has 0 atom stereocenters. The van der Waals surface area contributed by atoms with Gasteiger partial charge in [-0.15, -0.1) is 0 Å². The Labute approximate surface area is 97.8 Å². The van der Waals surface area contributed by atoms with Gasteiger partial charge in [0.25, 0.3) is 0 Å². The van der Waals surface area contributed by atoms with Crippen molar-refractivity contribution < 1.29 is 13.2 Å². The molecule has 1 heterocycles. The topological polar surface area (TPSA) is 12.9 Å². The maximum Gasteiger partial charge on any atom is 0.433 e. The minimum atomic E-state index is -4.50. The van der Waals surface area contributed by atoms with Gasteiger partial charge in [0, 0.05) is 5.56 Å². The fourth-order valence-electron chi connectivity index (χ4n) is 0.850. The standard InChI is InChI=1S/C9H4BrClF3N/c10-3-1-2-6-4-7(9(12,13)14)15-8(11)5-6/h4-5H,3H2. The first-order chi connectivity index (χ1) is 6.93. The summed E-state index contributed by atoms with van der Waals surface area (Å²) < 4.78 is 36.9. The lowest BCUT2D eigenvalue weighted by Crippen LogP contribution is -2.08. The molecule has 0 amide bonds. The van der Waals surface area contributed by atoms with Crippen LogP contribution in [-0.4, -0.2) is 10.3 Å². The zero-order valence-corrected chi connectivity index (χ0v) is 9.54. The van der Waals surface area contributed by atoms with Crippen molar-refractivity contribution in [2.24, 2.45) is 0 Å². The smallest absolute Gasteiger partial charge is 0.232 e. The van der Waals surface area contributed by atoms with E-state index in [1.807, 2.05) is 0 Å². The second-order valence-corrected chi connectivity index (χ2v) is 3.44. The average Bonchev–Trinajstić information content (AvgIpc) is 2.12. The fourth-order valence-corrected chi connectivity index (χ4v) is 1.20. The highest BCUT2D eigenvalue weighted by Crippen LogP contribution is 2.29. The highest BCUT2D eigenvalue weighted by molar-refractivity contribution is 9.09. The monoisotopic (exact) mass is 297 g/mol. The highest BCUT2D eigenvalue weighted by Gasteiger charge is 2.33. The second-order valence-electron chi connectivity index (χ2n) is 2.50. The maximum absolute atomic E-state index is 12.3. The number of aromatic nitrogens is 1. The van der Waals surface area contributed by atoms with Crippen molar-refractivity contribution in [2.75, 3.05) is 5.33 Å². The number of hydrogen-bond acceptors (Lipinski definition) is 1. The quantitative estimate of drug-likeness (QED) is 0.406. The molecular formula is C9H4BrClF3N. The van der Waals surface area contributed by atoms with Gasteiger partial charge < -0.3 is 0 Å². The van der Waals surface area contributed by atoms with Crippen LogP contribution in [0, 0.1) is 11.8 Å². The number of nitrogens with zero attached hydrogens (tertiary/aromatic N) is 1. The van der Waals surface area contributed by atoms with Gasteiger partial charge in [0.2, 0.25) is 0 Å². The SMILES string of the molecule is FC(F)(F)c1cc(C#CCBr)cc(Cl)n1. The largest absolute Gasteiger partial charge is 0.433 e. The molecule has 0 bridgehead atoms. The van der Waals surface area contributed by atoms with Crippen LogP contribution in [0.5, 0.6) is 0 Å². The Morgan fingerprint density at radius 2 is 2.07 bits per heavy atom. The number of hydrogen-bond donors (Lipinski definition) is 0. The first-order valence-corrected chi connectivity index (χ1v) is 5.23. The zero-order chi connectivity index (χ0) is 11.5. The first-order valence-electron chi connectivity index (χ1n) is 3.73. The van der Waals surface area contributed by atoms with Gasteiger partial charge in [0.1, 0.15) is 10.8 Å². The van der Waals surface area contributed by atoms with Crippen LogP contribution in [0.2, 0.25) is 5.15 Å². The molecule has 1 aromatic rings. The Kier molecular flexibility index (Phi) is 4.00. The van der Waals surface area contributed by atoms with Crippen LogP contribution in [0.25, 0.3) is 0 Å². The van der Waals surface area contributed by atoms with Crippen molar-refractivity contribution in [3.63, 3.8) is 0 Å². The minimum Gasteiger partial charge on any atom is -0.232 e. The van der Waals surface area contributed by atoms with E-state index in [-0.39, 0.29) is 10.7 Å². The lowest BCUT2D eigenvalue weighted by atomic mass is 10.2. The Balaban J connectivity index is 3.17. The van der Waals surface area contributed by atoms with Gasteiger partial charge in [-0.2, -0.15) is 13.2 Å². The average molecular weight is 298 g/mol. The number of rotatable bonds is 0. The molecule has 1 aromatic heterocycles. The van der Waals surface area contributed by atoms with E-state index in [1.165, 1.54) is 6.07 Å². The van der Waals surface area contributed by atoms with E-state index in [4.69, 9.17) is 11.6 Å². The van der Waals surface area contributed by atoms with Crippen molar-refractivity contribution in [2.45, 2.75) is 6.18 Å². The van der Waals surface area contributed by atoms with Crippen molar-refractivity contribution in [3.8, 4) is 11.8 Å². The molecule has 6 heteroatoms. The van der Waals surface area contributed by atoms with Crippen LogP contribution in [0.1, 0.15) is 11.3 Å². The Morgan fingerprint density at radius 3 is 2.60 bits per heavy atom. The summed E-state index contributed by atoms with van der Waals surface area (Å²) in [5.41, 5.74) is -0.837. The van der Waals surface area contributed by atoms with Gasteiger partial charge in [-0.3, -0.25) is 0 Å². The fraction of sp³-hybridized carbons (Fsp3) is 0.222. The third-order valence-corrected chi connectivity index (χ3v) is 1.86. The molecule has 0 radical (unpaired) electrons. The van der Waals surface area contributed by atoms with E-state index in [0.29, 0.717) is 5.33 Å². The normalized spacial score (nSPS) is 10.7. The predicted octanol–water partition coefficient (Wildman–Crippen LogP) is 3.50. The van der Waals surface area contributed by atoms with Gasteiger partial charge in [-0.25, -0.2) is 4.98 Å². The van der Waals surface area contributed by atoms with Crippen LogP contribution >= 0.6 is 27.5 Å². The molecule has 1 nitrogen and oxygen atoms in total. The Bertz CT molecular complexity index is 420. The summed E-state index contributed by atoms with van der Waals surface area (Å²) in [7, 11) is 0. The van der Waals surface area contributed by atoms with Crippen molar-refractivity contribution in [1.29, 1.82) is 0 Å². The lowest BCUT2D eigenvalue weighted by molar-refractivity contribution is -0.141. The van der Waals surface area contributed by atoms with Crippen LogP contribution in [0.3, 0.4) is 0 Å². The molecule has 0 unspecified atom stereocenters. The van der Waals surface area contributed by atoms with Gasteiger partial charge in [-0.1, -0.05) is 39.4 Å². The summed E-state index contributed by atoms with van der Waals surface area (Å²) in [5.74, 6) is 5.11. The minimum absolute atomic E-state index is 0.196. The highest BCUT2D eigenvalue weighted by atomic mass is 79.9. The summed E-state index contributed by atoms with van der Waals surface area (Å²) in [5, 5.41) is 0.164. The molecule has 0 aromatic carbocycles. The van der Waals surface area contributed by atoms with Gasteiger partial charge in [-0.05, 0) is 12.1 Å². The van der Waals surface area contributed by atoms with Gasteiger partial charge in [0.05, 0.1) is 5.33 Å². The van der Waals surface area contributed by atoms with Crippen molar-refractivity contribution >= 4 is 27.5 Å². The van der Waals surface area contributed by atoms with Gasteiger partial charge in [0.15, 0.2) is 0 Å². The van der Waals surface area contributed by atoms with Crippen molar-refractivity contribution in [3.05, 3.63) is 28.5 Å². The molecule has 0 aliphatic carbocycles. The molecule has 0 saturated heterocycles. The van der Waals surface area contributed by atoms with E-state index < -0.39 is 11.9 Å².